The monoisotopic (exact) mass is 401 g/mol. The van der Waals surface area contributed by atoms with E-state index in [0.717, 1.165) is 49.7 Å². The lowest BCUT2D eigenvalue weighted by Gasteiger charge is -2.64. The Morgan fingerprint density at radius 3 is 2.55 bits per heavy atom. The molecule has 0 amide bonds. The maximum atomic E-state index is 12.2. The number of aliphatic hydroxyl groups excluding tert-OH is 1. The van der Waals surface area contributed by atoms with Gasteiger partial charge in [0, 0.05) is 17.0 Å². The topological polar surface area (TPSA) is 87.6 Å². The Hall–Kier alpha value is -1.17. The molecule has 4 aliphatic rings. The lowest BCUT2D eigenvalue weighted by atomic mass is 9.43. The standard InChI is InChI=1S/C24H35NO4/c1-21-9-7-18(26)14-16(21)5-6-20-19(21)8-10-22(2)23(27,11-12-24(20,22)28)17-4-3-13-25(29)15-17/h3-4,13,15-16,18-20,26-28H,5-12,14H2,1-2H3/t16-,18-,19-,20+,21-,22+,23-,24-/m0/s1. The predicted octanol–water partition coefficient (Wildman–Crippen LogP) is 3.03. The van der Waals surface area contributed by atoms with Crippen molar-refractivity contribution in [2.24, 2.45) is 28.6 Å². The summed E-state index contributed by atoms with van der Waals surface area (Å²) in [5, 5.41) is 46.2. The van der Waals surface area contributed by atoms with Gasteiger partial charge in [0.15, 0.2) is 12.4 Å². The summed E-state index contributed by atoms with van der Waals surface area (Å²) in [6.45, 7) is 4.45. The number of fused-ring (bicyclic) bond motifs is 5. The summed E-state index contributed by atoms with van der Waals surface area (Å²) in [5.41, 5.74) is -1.95. The highest BCUT2D eigenvalue weighted by Crippen LogP contribution is 2.71. The summed E-state index contributed by atoms with van der Waals surface area (Å²) >= 11 is 0. The Bertz CT molecular complexity index is 816. The summed E-state index contributed by atoms with van der Waals surface area (Å²) < 4.78 is 0.749. The second kappa shape index (κ2) is 6.18. The molecular formula is C24H35NO4. The molecule has 5 nitrogen and oxygen atoms in total. The maximum Gasteiger partial charge on any atom is 0.186 e. The maximum absolute atomic E-state index is 12.2. The minimum absolute atomic E-state index is 0.171. The fraction of sp³-hybridized carbons (Fsp3) is 0.792. The highest BCUT2D eigenvalue weighted by molar-refractivity contribution is 5.30. The second-order valence-electron chi connectivity index (χ2n) is 11.0. The molecule has 1 aromatic rings. The molecule has 4 fully saturated rings. The van der Waals surface area contributed by atoms with E-state index in [1.54, 1.807) is 6.07 Å². The van der Waals surface area contributed by atoms with Crippen LogP contribution in [0, 0.1) is 33.8 Å². The average Bonchev–Trinajstić information content (AvgIpc) is 2.91. The molecule has 1 heterocycles. The van der Waals surface area contributed by atoms with Crippen molar-refractivity contribution in [2.75, 3.05) is 0 Å². The number of hydrogen-bond acceptors (Lipinski definition) is 4. The highest BCUT2D eigenvalue weighted by Gasteiger charge is 2.72. The molecule has 160 valence electrons. The van der Waals surface area contributed by atoms with E-state index in [4.69, 9.17) is 0 Å². The third-order valence-corrected chi connectivity index (χ3v) is 10.2. The fourth-order valence-corrected chi connectivity index (χ4v) is 8.38. The van der Waals surface area contributed by atoms with Gasteiger partial charge in [-0.25, -0.2) is 0 Å². The average molecular weight is 402 g/mol. The molecule has 29 heavy (non-hydrogen) atoms. The molecule has 0 saturated heterocycles. The normalized spacial score (nSPS) is 51.8. The van der Waals surface area contributed by atoms with Crippen molar-refractivity contribution in [2.45, 2.75) is 88.9 Å². The number of aliphatic hydroxyl groups is 3. The van der Waals surface area contributed by atoms with Crippen molar-refractivity contribution in [3.8, 4) is 0 Å². The molecule has 4 saturated carbocycles. The van der Waals surface area contributed by atoms with Crippen LogP contribution in [-0.4, -0.2) is 27.0 Å². The third-order valence-electron chi connectivity index (χ3n) is 10.2. The first kappa shape index (κ1) is 19.8. The molecular weight excluding hydrogens is 366 g/mol. The van der Waals surface area contributed by atoms with Gasteiger partial charge in [0.1, 0.15) is 5.60 Å². The summed E-state index contributed by atoms with van der Waals surface area (Å²) in [6, 6.07) is 3.52. The summed E-state index contributed by atoms with van der Waals surface area (Å²) in [4.78, 5) is 0. The van der Waals surface area contributed by atoms with Crippen LogP contribution in [0.25, 0.3) is 0 Å². The van der Waals surface area contributed by atoms with E-state index in [-0.39, 0.29) is 17.4 Å². The van der Waals surface area contributed by atoms with Gasteiger partial charge < -0.3 is 20.5 Å². The van der Waals surface area contributed by atoms with Gasteiger partial charge >= 0.3 is 0 Å². The smallest absolute Gasteiger partial charge is 0.186 e. The summed E-state index contributed by atoms with van der Waals surface area (Å²) in [7, 11) is 0. The lowest BCUT2D eigenvalue weighted by molar-refractivity contribution is -0.606. The molecule has 5 rings (SSSR count). The van der Waals surface area contributed by atoms with E-state index in [2.05, 4.69) is 13.8 Å². The first-order chi connectivity index (χ1) is 13.6. The van der Waals surface area contributed by atoms with Gasteiger partial charge in [-0.1, -0.05) is 13.8 Å². The zero-order valence-corrected chi connectivity index (χ0v) is 17.7. The van der Waals surface area contributed by atoms with Crippen LogP contribution in [0.4, 0.5) is 0 Å². The van der Waals surface area contributed by atoms with Gasteiger partial charge in [0.05, 0.1) is 11.7 Å². The van der Waals surface area contributed by atoms with Gasteiger partial charge in [0.2, 0.25) is 0 Å². The Balaban J connectivity index is 1.53. The largest absolute Gasteiger partial charge is 0.619 e. The summed E-state index contributed by atoms with van der Waals surface area (Å²) in [6.07, 6.45) is 10.4. The number of hydrogen-bond donors (Lipinski definition) is 3. The highest BCUT2D eigenvalue weighted by atomic mass is 16.5. The minimum Gasteiger partial charge on any atom is -0.619 e. The van der Waals surface area contributed by atoms with Crippen LogP contribution in [0.5, 0.6) is 0 Å². The third kappa shape index (κ3) is 2.41. The van der Waals surface area contributed by atoms with E-state index in [1.807, 2.05) is 6.07 Å². The Labute approximate surface area is 173 Å². The van der Waals surface area contributed by atoms with Gasteiger partial charge in [-0.15, -0.1) is 0 Å². The second-order valence-corrected chi connectivity index (χ2v) is 11.0. The van der Waals surface area contributed by atoms with Crippen molar-refractivity contribution in [3.05, 3.63) is 35.3 Å². The molecule has 8 atom stereocenters. The van der Waals surface area contributed by atoms with Crippen molar-refractivity contribution >= 4 is 0 Å². The Kier molecular flexibility index (Phi) is 4.21. The summed E-state index contributed by atoms with van der Waals surface area (Å²) in [5.74, 6) is 1.15. The van der Waals surface area contributed by atoms with Crippen LogP contribution >= 0.6 is 0 Å². The van der Waals surface area contributed by atoms with Crippen LogP contribution in [0.1, 0.15) is 77.2 Å². The van der Waals surface area contributed by atoms with Crippen LogP contribution in [0.15, 0.2) is 24.5 Å². The molecule has 0 aliphatic heterocycles. The van der Waals surface area contributed by atoms with Gasteiger partial charge in [-0.05, 0) is 87.0 Å². The first-order valence-corrected chi connectivity index (χ1v) is 11.5. The molecule has 0 bridgehead atoms. The molecule has 5 heteroatoms. The van der Waals surface area contributed by atoms with Crippen molar-refractivity contribution in [3.63, 3.8) is 0 Å². The van der Waals surface area contributed by atoms with Crippen LogP contribution in [0.2, 0.25) is 0 Å². The zero-order valence-electron chi connectivity index (χ0n) is 17.7. The Morgan fingerprint density at radius 1 is 1.00 bits per heavy atom. The van der Waals surface area contributed by atoms with Gasteiger partial charge in [-0.3, -0.25) is 0 Å². The van der Waals surface area contributed by atoms with E-state index in [1.165, 1.54) is 12.4 Å². The molecule has 1 aromatic heterocycles. The fourth-order valence-electron chi connectivity index (χ4n) is 8.38. The predicted molar refractivity (Wildman–Crippen MR) is 108 cm³/mol. The number of pyridine rings is 1. The molecule has 0 unspecified atom stereocenters. The van der Waals surface area contributed by atoms with E-state index < -0.39 is 16.6 Å². The molecule has 0 spiro atoms. The molecule has 4 aliphatic carbocycles. The Morgan fingerprint density at radius 2 is 1.79 bits per heavy atom. The first-order valence-electron chi connectivity index (χ1n) is 11.5. The van der Waals surface area contributed by atoms with Gasteiger partial charge in [0.25, 0.3) is 0 Å². The van der Waals surface area contributed by atoms with Crippen LogP contribution < -0.4 is 4.73 Å². The van der Waals surface area contributed by atoms with Crippen molar-refractivity contribution in [1.29, 1.82) is 0 Å². The van der Waals surface area contributed by atoms with E-state index in [9.17, 15) is 20.5 Å². The molecule has 3 N–H and O–H groups in total. The lowest BCUT2D eigenvalue weighted by Crippen LogP contribution is -2.64. The van der Waals surface area contributed by atoms with Crippen LogP contribution in [0.3, 0.4) is 0 Å². The number of rotatable bonds is 1. The van der Waals surface area contributed by atoms with E-state index >= 15 is 0 Å². The molecule has 0 radical (unpaired) electrons. The zero-order chi connectivity index (χ0) is 20.7. The van der Waals surface area contributed by atoms with Crippen molar-refractivity contribution < 1.29 is 20.0 Å². The minimum atomic E-state index is -1.18. The SMILES string of the molecule is C[C@]12CC[C@H](O)C[C@@H]1CC[C@@H]1[C@@H]2CC[C@]2(C)[C@@](O)(c3ccc[n+]([O-])c3)CC[C@]12O. The van der Waals surface area contributed by atoms with E-state index in [0.29, 0.717) is 30.2 Å². The molecule has 0 aromatic carbocycles. The number of aromatic nitrogens is 1. The van der Waals surface area contributed by atoms with Gasteiger partial charge in [-0.2, -0.15) is 4.73 Å². The number of nitrogens with zero attached hydrogens (tertiary/aromatic N) is 1. The quantitative estimate of drug-likeness (QED) is 0.499. The van der Waals surface area contributed by atoms with Crippen molar-refractivity contribution in [1.82, 2.24) is 0 Å². The van der Waals surface area contributed by atoms with Crippen LogP contribution in [-0.2, 0) is 5.60 Å².